The Morgan fingerprint density at radius 2 is 1.73 bits per heavy atom. The fraction of sp³-hybridized carbons (Fsp3) is 0.176. The number of carbonyl (C=O) groups excluding carboxylic acids is 2. The topological polar surface area (TPSA) is 57.5 Å². The second-order valence-corrected chi connectivity index (χ2v) is 4.62. The first kappa shape index (κ1) is 15.6. The highest BCUT2D eigenvalue weighted by molar-refractivity contribution is 5.91. The van der Waals surface area contributed by atoms with Crippen molar-refractivity contribution < 1.29 is 19.1 Å². The van der Waals surface area contributed by atoms with Crippen molar-refractivity contribution in [1.82, 2.24) is 4.57 Å². The van der Waals surface area contributed by atoms with Crippen molar-refractivity contribution in [3.8, 4) is 0 Å². The monoisotopic (exact) mass is 299 g/mol. The third-order valence-corrected chi connectivity index (χ3v) is 3.34. The first-order chi connectivity index (χ1) is 10.6. The fourth-order valence-electron chi connectivity index (χ4n) is 2.30. The van der Waals surface area contributed by atoms with Gasteiger partial charge in [-0.25, -0.2) is 9.59 Å². The van der Waals surface area contributed by atoms with Crippen LogP contribution in [0.4, 0.5) is 0 Å². The lowest BCUT2D eigenvalue weighted by molar-refractivity contribution is -0.136. The Balaban J connectivity index is 2.55. The van der Waals surface area contributed by atoms with Gasteiger partial charge in [0.25, 0.3) is 0 Å². The lowest BCUT2D eigenvalue weighted by Gasteiger charge is -2.22. The number of nitrogens with zero attached hydrogens (tertiary/aromatic N) is 1. The first-order valence-corrected chi connectivity index (χ1v) is 6.67. The van der Waals surface area contributed by atoms with Crippen LogP contribution in [-0.4, -0.2) is 30.7 Å². The largest absolute Gasteiger partial charge is 0.466 e. The highest BCUT2D eigenvalue weighted by atomic mass is 16.5. The zero-order valence-corrected chi connectivity index (χ0v) is 12.5. The van der Waals surface area contributed by atoms with E-state index in [0.29, 0.717) is 5.69 Å². The molecule has 5 nitrogen and oxygen atoms in total. The zero-order chi connectivity index (χ0) is 16.1. The third-order valence-electron chi connectivity index (χ3n) is 3.34. The van der Waals surface area contributed by atoms with Gasteiger partial charge in [0.1, 0.15) is 5.69 Å². The van der Waals surface area contributed by atoms with E-state index in [4.69, 9.17) is 9.47 Å². The Bertz CT molecular complexity index is 688. The molecule has 0 spiro atoms. The van der Waals surface area contributed by atoms with Crippen molar-refractivity contribution in [2.24, 2.45) is 0 Å². The predicted octanol–water partition coefficient (Wildman–Crippen LogP) is 2.59. The van der Waals surface area contributed by atoms with Gasteiger partial charge in [0.2, 0.25) is 0 Å². The molecule has 22 heavy (non-hydrogen) atoms. The quantitative estimate of drug-likeness (QED) is 0.629. The minimum atomic E-state index is -0.544. The summed E-state index contributed by atoms with van der Waals surface area (Å²) < 4.78 is 11.2. The van der Waals surface area contributed by atoms with E-state index in [-0.39, 0.29) is 5.57 Å². The lowest BCUT2D eigenvalue weighted by Crippen LogP contribution is -2.22. The van der Waals surface area contributed by atoms with Gasteiger partial charge in [-0.05, 0) is 17.7 Å². The molecule has 1 heterocycles. The highest BCUT2D eigenvalue weighted by Gasteiger charge is 2.26. The molecule has 0 amide bonds. The maximum Gasteiger partial charge on any atom is 0.354 e. The molecule has 0 bridgehead atoms. The van der Waals surface area contributed by atoms with E-state index in [1.165, 1.54) is 14.2 Å². The van der Waals surface area contributed by atoms with E-state index in [1.807, 2.05) is 30.3 Å². The molecule has 0 saturated carbocycles. The molecule has 0 saturated heterocycles. The average Bonchev–Trinajstić information content (AvgIpc) is 3.03. The van der Waals surface area contributed by atoms with Gasteiger partial charge in [0, 0.05) is 6.20 Å². The van der Waals surface area contributed by atoms with E-state index >= 15 is 0 Å². The second-order valence-electron chi connectivity index (χ2n) is 4.62. The van der Waals surface area contributed by atoms with Gasteiger partial charge in [0.05, 0.1) is 25.8 Å². The van der Waals surface area contributed by atoms with Crippen LogP contribution in [-0.2, 0) is 14.3 Å². The van der Waals surface area contributed by atoms with Crippen LogP contribution in [0.2, 0.25) is 0 Å². The highest BCUT2D eigenvalue weighted by Crippen LogP contribution is 2.28. The second kappa shape index (κ2) is 6.76. The molecule has 0 radical (unpaired) electrons. The number of hydrogen-bond donors (Lipinski definition) is 0. The summed E-state index contributed by atoms with van der Waals surface area (Å²) in [7, 11) is 2.61. The van der Waals surface area contributed by atoms with E-state index in [9.17, 15) is 9.59 Å². The van der Waals surface area contributed by atoms with Crippen molar-refractivity contribution in [3.63, 3.8) is 0 Å². The molecule has 0 aliphatic rings. The van der Waals surface area contributed by atoms with Gasteiger partial charge >= 0.3 is 11.9 Å². The van der Waals surface area contributed by atoms with Gasteiger partial charge < -0.3 is 14.0 Å². The summed E-state index contributed by atoms with van der Waals surface area (Å²) >= 11 is 0. The Morgan fingerprint density at radius 3 is 2.32 bits per heavy atom. The van der Waals surface area contributed by atoms with Crippen LogP contribution < -0.4 is 0 Å². The van der Waals surface area contributed by atoms with Crippen molar-refractivity contribution in [2.45, 2.75) is 6.04 Å². The van der Waals surface area contributed by atoms with Crippen molar-refractivity contribution in [3.05, 3.63) is 72.1 Å². The smallest absolute Gasteiger partial charge is 0.354 e. The van der Waals surface area contributed by atoms with Crippen LogP contribution in [0.3, 0.4) is 0 Å². The number of methoxy groups -OCH3 is 2. The third kappa shape index (κ3) is 2.93. The van der Waals surface area contributed by atoms with E-state index < -0.39 is 18.0 Å². The van der Waals surface area contributed by atoms with E-state index in [0.717, 1.165) is 5.56 Å². The standard InChI is InChI=1S/C17H17NO4/c1-12(16(19)21-2)15(13-8-5-4-6-9-13)18-11-7-10-14(18)17(20)22-3/h4-11,15H,1H2,2-3H3/t15-/m0/s1. The number of benzene rings is 1. The molecule has 1 atom stereocenters. The molecule has 5 heteroatoms. The van der Waals surface area contributed by atoms with Crippen molar-refractivity contribution in [2.75, 3.05) is 14.2 Å². The summed E-state index contributed by atoms with van der Waals surface area (Å²) in [4.78, 5) is 23.8. The van der Waals surface area contributed by atoms with Crippen LogP contribution in [0, 0.1) is 0 Å². The van der Waals surface area contributed by atoms with Crippen LogP contribution in [0.25, 0.3) is 0 Å². The van der Waals surface area contributed by atoms with Gasteiger partial charge in [-0.1, -0.05) is 36.9 Å². The first-order valence-electron chi connectivity index (χ1n) is 6.67. The molecular weight excluding hydrogens is 282 g/mol. The minimum absolute atomic E-state index is 0.232. The molecule has 0 unspecified atom stereocenters. The molecule has 2 aromatic rings. The molecule has 0 aliphatic heterocycles. The maximum atomic E-state index is 11.9. The van der Waals surface area contributed by atoms with Crippen molar-refractivity contribution >= 4 is 11.9 Å². The van der Waals surface area contributed by atoms with Gasteiger partial charge in [-0.15, -0.1) is 0 Å². The minimum Gasteiger partial charge on any atom is -0.466 e. The predicted molar refractivity (Wildman–Crippen MR) is 81.5 cm³/mol. The molecule has 114 valence electrons. The molecule has 1 aromatic heterocycles. The van der Waals surface area contributed by atoms with Crippen molar-refractivity contribution in [1.29, 1.82) is 0 Å². The van der Waals surface area contributed by atoms with Gasteiger partial charge in [-0.2, -0.15) is 0 Å². The maximum absolute atomic E-state index is 11.9. The average molecular weight is 299 g/mol. The van der Waals surface area contributed by atoms with E-state index in [1.54, 1.807) is 22.9 Å². The summed E-state index contributed by atoms with van der Waals surface area (Å²) in [6.07, 6.45) is 1.71. The summed E-state index contributed by atoms with van der Waals surface area (Å²) in [5.41, 5.74) is 1.38. The number of hydrogen-bond acceptors (Lipinski definition) is 4. The van der Waals surface area contributed by atoms with Crippen LogP contribution in [0.5, 0.6) is 0 Å². The molecule has 0 fully saturated rings. The van der Waals surface area contributed by atoms with E-state index in [2.05, 4.69) is 6.58 Å². The summed E-state index contributed by atoms with van der Waals surface area (Å²) in [5.74, 6) is -1.01. The van der Waals surface area contributed by atoms with Crippen LogP contribution in [0.15, 0.2) is 60.8 Å². The fourth-order valence-corrected chi connectivity index (χ4v) is 2.30. The Hall–Kier alpha value is -2.82. The Kier molecular flexibility index (Phi) is 4.78. The summed E-state index contributed by atoms with van der Waals surface area (Å²) in [6.45, 7) is 3.84. The Labute approximate surface area is 128 Å². The number of ether oxygens (including phenoxy) is 2. The van der Waals surface area contributed by atoms with Gasteiger partial charge in [0.15, 0.2) is 0 Å². The van der Waals surface area contributed by atoms with Gasteiger partial charge in [-0.3, -0.25) is 0 Å². The Morgan fingerprint density at radius 1 is 1.05 bits per heavy atom. The number of esters is 2. The SMILES string of the molecule is C=C(C(=O)OC)[C@@H](c1ccccc1)n1cccc1C(=O)OC. The lowest BCUT2D eigenvalue weighted by atomic mass is 9.99. The summed E-state index contributed by atoms with van der Waals surface area (Å²) in [6, 6.07) is 12.1. The number of carbonyl (C=O) groups is 2. The molecule has 0 N–H and O–H groups in total. The number of rotatable bonds is 5. The summed E-state index contributed by atoms with van der Waals surface area (Å²) in [5, 5.41) is 0. The molecule has 2 rings (SSSR count). The number of aromatic nitrogens is 1. The van der Waals surface area contributed by atoms with Crippen LogP contribution >= 0.6 is 0 Å². The molecular formula is C17H17NO4. The molecule has 1 aromatic carbocycles. The van der Waals surface area contributed by atoms with Crippen LogP contribution in [0.1, 0.15) is 22.1 Å². The zero-order valence-electron chi connectivity index (χ0n) is 12.5. The normalized spacial score (nSPS) is 11.5. The molecule has 0 aliphatic carbocycles.